The van der Waals surface area contributed by atoms with Crippen LogP contribution in [0.1, 0.15) is 81.9 Å². The quantitative estimate of drug-likeness (QED) is 0.254. The molecule has 1 N–H and O–H groups in total. The number of rotatable bonds is 8. The maximum absolute atomic E-state index is 13.6. The van der Waals surface area contributed by atoms with E-state index in [4.69, 9.17) is 4.52 Å². The Morgan fingerprint density at radius 1 is 1.23 bits per heavy atom. The first kappa shape index (κ1) is 28.6. The Morgan fingerprint density at radius 2 is 1.97 bits per heavy atom. The number of hydrogen-bond donors (Lipinski definition) is 1. The van der Waals surface area contributed by atoms with Crippen LogP contribution in [0.25, 0.3) is 21.5 Å². The minimum atomic E-state index is -0.207. The van der Waals surface area contributed by atoms with E-state index in [1.54, 1.807) is 11.3 Å². The lowest BCUT2D eigenvalue weighted by molar-refractivity contribution is 0.0892. The van der Waals surface area contributed by atoms with Gasteiger partial charge in [-0.05, 0) is 51.3 Å². The molecule has 208 valence electrons. The van der Waals surface area contributed by atoms with Crippen molar-refractivity contribution in [3.05, 3.63) is 64.3 Å². The predicted octanol–water partition coefficient (Wildman–Crippen LogP) is 7.11. The molecule has 1 aliphatic rings. The lowest BCUT2D eigenvalue weighted by Gasteiger charge is -2.34. The number of aromatic nitrogens is 2. The van der Waals surface area contributed by atoms with Gasteiger partial charge < -0.3 is 19.3 Å². The van der Waals surface area contributed by atoms with Crippen molar-refractivity contribution >= 4 is 28.1 Å². The molecule has 0 atom stereocenters. The maximum Gasteiger partial charge on any atom is 0.269 e. The predicted molar refractivity (Wildman–Crippen MR) is 160 cm³/mol. The number of amides is 1. The highest BCUT2D eigenvalue weighted by Gasteiger charge is 2.27. The van der Waals surface area contributed by atoms with Gasteiger partial charge in [-0.2, -0.15) is 5.26 Å². The molecule has 39 heavy (non-hydrogen) atoms. The molecule has 0 radical (unpaired) electrons. The Kier molecular flexibility index (Phi) is 9.60. The van der Waals surface area contributed by atoms with Crippen LogP contribution in [0.15, 0.2) is 47.0 Å². The number of nitriles is 1. The zero-order valence-corrected chi connectivity index (χ0v) is 24.5. The van der Waals surface area contributed by atoms with Crippen LogP contribution >= 0.6 is 11.3 Å². The normalized spacial score (nSPS) is 14.3. The molecule has 1 aromatic carbocycles. The van der Waals surface area contributed by atoms with Gasteiger partial charge in [0, 0.05) is 42.9 Å². The highest BCUT2D eigenvalue weighted by Crippen LogP contribution is 2.31. The summed E-state index contributed by atoms with van der Waals surface area (Å²) in [6, 6.07) is 16.7. The van der Waals surface area contributed by atoms with Crippen LogP contribution in [-0.2, 0) is 13.0 Å². The van der Waals surface area contributed by atoms with Gasteiger partial charge in [-0.3, -0.25) is 4.79 Å². The van der Waals surface area contributed by atoms with E-state index in [-0.39, 0.29) is 13.4 Å². The highest BCUT2D eigenvalue weighted by atomic mass is 32.1. The molecule has 0 spiro atoms. The third kappa shape index (κ3) is 6.26. The van der Waals surface area contributed by atoms with Crippen LogP contribution < -0.4 is 5.32 Å². The molecule has 1 saturated heterocycles. The molecule has 1 fully saturated rings. The number of para-hydroxylation sites is 1. The third-order valence-corrected chi connectivity index (χ3v) is 8.33. The Balaban J connectivity index is 0.00000144. The van der Waals surface area contributed by atoms with Crippen molar-refractivity contribution in [3.63, 3.8) is 0 Å². The molecule has 5 rings (SSSR count). The second-order valence-electron chi connectivity index (χ2n) is 10.0. The van der Waals surface area contributed by atoms with E-state index < -0.39 is 0 Å². The van der Waals surface area contributed by atoms with Crippen molar-refractivity contribution in [1.82, 2.24) is 19.9 Å². The van der Waals surface area contributed by atoms with Gasteiger partial charge in [-0.25, -0.2) is 0 Å². The Hall–Kier alpha value is -3.41. The molecule has 0 aliphatic carbocycles. The molecule has 1 amide bonds. The SMILES string of the molecule is CC.CCCc1ccc(-c2cc(Cn3c(C(=O)NC4CCN(C(C)C)CC4)c(C#N)c4ccccc43)no2)s1.[HH]. The Morgan fingerprint density at radius 3 is 2.67 bits per heavy atom. The molecule has 4 heterocycles. The number of carbonyl (C=O) groups excluding carboxylic acids is 1. The molecule has 1 aliphatic heterocycles. The minimum absolute atomic E-state index is 0. The standard InChI is InChI=1S/C29H33N5O2S.C2H6.H2/c1-4-7-22-10-11-27(37-22)26-16-21(32-36-26)18-34-25-9-6-5-8-23(25)24(17-30)28(34)29(35)31-20-12-14-33(15-13-20)19(2)3;1-2;/h5-6,8-11,16,19-20H,4,7,12-15,18H2,1-3H3,(H,31,35);1-2H3;1H. The number of piperidine rings is 1. The average molecular weight is 548 g/mol. The Bertz CT molecular complexity index is 1440. The summed E-state index contributed by atoms with van der Waals surface area (Å²) in [6.07, 6.45) is 3.96. The first-order chi connectivity index (χ1) is 19.0. The fourth-order valence-corrected chi connectivity index (χ4v) is 6.24. The van der Waals surface area contributed by atoms with Crippen molar-refractivity contribution in [1.29, 1.82) is 5.26 Å². The van der Waals surface area contributed by atoms with Crippen molar-refractivity contribution < 1.29 is 10.7 Å². The van der Waals surface area contributed by atoms with Crippen LogP contribution in [-0.4, -0.2) is 45.7 Å². The van der Waals surface area contributed by atoms with Crippen molar-refractivity contribution in [2.75, 3.05) is 13.1 Å². The molecule has 8 heteroatoms. The van der Waals surface area contributed by atoms with E-state index in [0.29, 0.717) is 29.5 Å². The molecule has 0 bridgehead atoms. The van der Waals surface area contributed by atoms with Crippen LogP contribution in [0.2, 0.25) is 0 Å². The largest absolute Gasteiger partial charge is 0.355 e. The van der Waals surface area contributed by atoms with Crippen molar-refractivity contribution in [2.24, 2.45) is 0 Å². The number of carbonyl (C=O) groups is 1. The van der Waals surface area contributed by atoms with Crippen molar-refractivity contribution in [3.8, 4) is 16.7 Å². The topological polar surface area (TPSA) is 87.1 Å². The second-order valence-corrected chi connectivity index (χ2v) is 11.2. The number of fused-ring (bicyclic) bond motifs is 1. The summed E-state index contributed by atoms with van der Waals surface area (Å²) in [5.74, 6) is 0.518. The van der Waals surface area contributed by atoms with Gasteiger partial charge in [-0.15, -0.1) is 11.3 Å². The minimum Gasteiger partial charge on any atom is -0.355 e. The summed E-state index contributed by atoms with van der Waals surface area (Å²) in [5, 5.41) is 18.4. The molecule has 3 aromatic heterocycles. The summed E-state index contributed by atoms with van der Waals surface area (Å²) in [6.45, 7) is 12.8. The van der Waals surface area contributed by atoms with Crippen LogP contribution in [0.4, 0.5) is 0 Å². The van der Waals surface area contributed by atoms with Gasteiger partial charge in [-0.1, -0.05) is 50.5 Å². The monoisotopic (exact) mass is 547 g/mol. The van der Waals surface area contributed by atoms with E-state index in [0.717, 1.165) is 60.3 Å². The van der Waals surface area contributed by atoms with E-state index in [2.05, 4.69) is 54.3 Å². The van der Waals surface area contributed by atoms with E-state index >= 15 is 0 Å². The summed E-state index contributed by atoms with van der Waals surface area (Å²) >= 11 is 1.72. The van der Waals surface area contributed by atoms with E-state index in [9.17, 15) is 10.1 Å². The van der Waals surface area contributed by atoms with Crippen molar-refractivity contribution in [2.45, 2.75) is 78.9 Å². The smallest absolute Gasteiger partial charge is 0.269 e. The molecule has 0 unspecified atom stereocenters. The summed E-state index contributed by atoms with van der Waals surface area (Å²) in [4.78, 5) is 18.4. The van der Waals surface area contributed by atoms with Crippen LogP contribution in [0.5, 0.6) is 0 Å². The number of nitrogens with one attached hydrogen (secondary N) is 1. The number of benzene rings is 1. The van der Waals surface area contributed by atoms with Gasteiger partial charge in [0.1, 0.15) is 17.5 Å². The number of likely N-dealkylation sites (tertiary alicyclic amines) is 1. The van der Waals surface area contributed by atoms with Gasteiger partial charge in [0.15, 0.2) is 5.76 Å². The molecular formula is C31H41N5O2S. The zero-order chi connectivity index (χ0) is 27.9. The average Bonchev–Trinajstić information content (AvgIpc) is 3.68. The molecule has 7 nitrogen and oxygen atoms in total. The Labute approximate surface area is 236 Å². The number of hydrogen-bond acceptors (Lipinski definition) is 6. The van der Waals surface area contributed by atoms with Crippen LogP contribution in [0, 0.1) is 11.3 Å². The third-order valence-electron chi connectivity index (χ3n) is 7.17. The van der Waals surface area contributed by atoms with Gasteiger partial charge >= 0.3 is 0 Å². The molecular weight excluding hydrogens is 506 g/mol. The lowest BCUT2D eigenvalue weighted by atomic mass is 10.0. The fourth-order valence-electron chi connectivity index (χ4n) is 5.19. The second kappa shape index (κ2) is 13.1. The fraction of sp³-hybridized carbons (Fsp3) is 0.452. The van der Waals surface area contributed by atoms with Crippen LogP contribution in [0.3, 0.4) is 0 Å². The number of aryl methyl sites for hydroxylation is 1. The summed E-state index contributed by atoms with van der Waals surface area (Å²) in [7, 11) is 0. The summed E-state index contributed by atoms with van der Waals surface area (Å²) < 4.78 is 7.60. The zero-order valence-electron chi connectivity index (χ0n) is 23.7. The van der Waals surface area contributed by atoms with Gasteiger partial charge in [0.2, 0.25) is 0 Å². The highest BCUT2D eigenvalue weighted by molar-refractivity contribution is 7.15. The van der Waals surface area contributed by atoms with E-state index in [1.807, 2.05) is 48.7 Å². The lowest BCUT2D eigenvalue weighted by Crippen LogP contribution is -2.47. The van der Waals surface area contributed by atoms with Gasteiger partial charge in [0.25, 0.3) is 5.91 Å². The first-order valence-corrected chi connectivity index (χ1v) is 14.9. The number of thiophene rings is 1. The maximum atomic E-state index is 13.6. The van der Waals surface area contributed by atoms with Gasteiger partial charge in [0.05, 0.1) is 22.5 Å². The molecule has 0 saturated carbocycles. The number of nitrogens with zero attached hydrogens (tertiary/aromatic N) is 4. The molecule has 4 aromatic rings. The van der Waals surface area contributed by atoms with E-state index in [1.165, 1.54) is 4.88 Å². The summed E-state index contributed by atoms with van der Waals surface area (Å²) in [5.41, 5.74) is 2.34. The first-order valence-electron chi connectivity index (χ1n) is 14.1.